The van der Waals surface area contributed by atoms with Crippen LogP contribution in [0.4, 0.5) is 0 Å². The molecule has 1 spiro atoms. The maximum atomic E-state index is 14.2. The molecule has 0 radical (unpaired) electrons. The van der Waals surface area contributed by atoms with Crippen LogP contribution in [0.5, 0.6) is 0 Å². The topological polar surface area (TPSA) is 96.4 Å². The number of fused-ring (bicyclic) bond motifs is 1. The standard InChI is InChI=1S/C26H38N2O6/c1-3-14-27(18-10-6-5-7-11-18)24(31)22-26-13-12-19(34-26)20(25(32)33-17-4-2)21(26)23(30)28(22)15-8-9-16-29/h3-4,18-22,29H,1-2,5-17H2/t19-,20+,21-,22?,26?/m0/s1. The number of likely N-dealkylation sites (tertiary alicyclic amines) is 1. The van der Waals surface area contributed by atoms with Crippen molar-refractivity contribution in [3.63, 3.8) is 0 Å². The lowest BCUT2D eigenvalue weighted by atomic mass is 9.70. The molecule has 0 aromatic heterocycles. The maximum absolute atomic E-state index is 14.2. The van der Waals surface area contributed by atoms with Crippen LogP contribution in [0.25, 0.3) is 0 Å². The number of aliphatic hydroxyl groups excluding tert-OH is 1. The lowest BCUT2D eigenvalue weighted by Crippen LogP contribution is -2.58. The Labute approximate surface area is 201 Å². The summed E-state index contributed by atoms with van der Waals surface area (Å²) in [6.45, 7) is 8.34. The van der Waals surface area contributed by atoms with Crippen LogP contribution in [0.2, 0.25) is 0 Å². The first-order valence-electron chi connectivity index (χ1n) is 12.8. The molecular weight excluding hydrogens is 436 g/mol. The van der Waals surface area contributed by atoms with Crippen molar-refractivity contribution in [2.45, 2.75) is 81.6 Å². The van der Waals surface area contributed by atoms with E-state index in [1.165, 1.54) is 12.5 Å². The van der Waals surface area contributed by atoms with E-state index in [0.717, 1.165) is 25.7 Å². The van der Waals surface area contributed by atoms with E-state index in [2.05, 4.69) is 13.2 Å². The Hall–Kier alpha value is -2.19. The van der Waals surface area contributed by atoms with Crippen molar-refractivity contribution in [1.82, 2.24) is 9.80 Å². The molecule has 1 N–H and O–H groups in total. The second-order valence-corrected chi connectivity index (χ2v) is 10.0. The summed E-state index contributed by atoms with van der Waals surface area (Å²) in [5.74, 6) is -2.19. The third kappa shape index (κ3) is 4.19. The second-order valence-electron chi connectivity index (χ2n) is 10.0. The van der Waals surface area contributed by atoms with E-state index in [1.54, 1.807) is 11.0 Å². The molecule has 2 unspecified atom stereocenters. The predicted octanol–water partition coefficient (Wildman–Crippen LogP) is 2.21. The molecule has 4 aliphatic rings. The van der Waals surface area contributed by atoms with Crippen molar-refractivity contribution < 1.29 is 29.0 Å². The molecule has 4 rings (SSSR count). The second kappa shape index (κ2) is 10.6. The fourth-order valence-electron chi connectivity index (χ4n) is 6.68. The van der Waals surface area contributed by atoms with E-state index in [1.807, 2.05) is 4.90 Å². The summed E-state index contributed by atoms with van der Waals surface area (Å²) in [5, 5.41) is 9.29. The molecule has 5 atom stereocenters. The molecule has 3 heterocycles. The average Bonchev–Trinajstić information content (AvgIpc) is 3.49. The highest BCUT2D eigenvalue weighted by atomic mass is 16.6. The maximum Gasteiger partial charge on any atom is 0.312 e. The van der Waals surface area contributed by atoms with E-state index < -0.39 is 35.6 Å². The summed E-state index contributed by atoms with van der Waals surface area (Å²) in [6.07, 6.45) is 10.4. The molecule has 2 bridgehead atoms. The zero-order valence-electron chi connectivity index (χ0n) is 20.0. The van der Waals surface area contributed by atoms with Gasteiger partial charge in [0.15, 0.2) is 0 Å². The van der Waals surface area contributed by atoms with Gasteiger partial charge in [0.1, 0.15) is 18.2 Å². The fourth-order valence-corrected chi connectivity index (χ4v) is 6.68. The van der Waals surface area contributed by atoms with E-state index in [0.29, 0.717) is 38.8 Å². The minimum atomic E-state index is -1.01. The van der Waals surface area contributed by atoms with Gasteiger partial charge < -0.3 is 24.4 Å². The van der Waals surface area contributed by atoms with E-state index in [4.69, 9.17) is 9.47 Å². The average molecular weight is 475 g/mol. The van der Waals surface area contributed by atoms with Crippen molar-refractivity contribution in [3.8, 4) is 0 Å². The number of carbonyl (C=O) groups is 3. The van der Waals surface area contributed by atoms with Crippen LogP contribution in [0, 0.1) is 11.8 Å². The summed E-state index contributed by atoms with van der Waals surface area (Å²) in [5.41, 5.74) is -1.01. The first kappa shape index (κ1) is 24.9. The quantitative estimate of drug-likeness (QED) is 0.280. The van der Waals surface area contributed by atoms with Gasteiger partial charge in [-0.3, -0.25) is 14.4 Å². The molecule has 8 heteroatoms. The van der Waals surface area contributed by atoms with Crippen LogP contribution >= 0.6 is 0 Å². The molecule has 2 amide bonds. The Morgan fingerprint density at radius 1 is 1.18 bits per heavy atom. The SMILES string of the molecule is C=CCOC(=O)[C@@H]1[C@@H]2CCC3(O2)C(C(=O)N(CC=C)C2CCCCC2)N(CCCCO)C(=O)[C@H]13. The number of amides is 2. The van der Waals surface area contributed by atoms with Crippen LogP contribution in [0.15, 0.2) is 25.3 Å². The molecule has 0 aromatic rings. The Kier molecular flexibility index (Phi) is 7.77. The number of rotatable bonds is 11. The molecule has 3 aliphatic heterocycles. The number of nitrogens with zero attached hydrogens (tertiary/aromatic N) is 2. The van der Waals surface area contributed by atoms with Crippen molar-refractivity contribution in [2.24, 2.45) is 11.8 Å². The molecule has 8 nitrogen and oxygen atoms in total. The third-order valence-corrected chi connectivity index (χ3v) is 8.08. The van der Waals surface area contributed by atoms with Crippen molar-refractivity contribution in [1.29, 1.82) is 0 Å². The summed E-state index contributed by atoms with van der Waals surface area (Å²) in [4.78, 5) is 44.5. The van der Waals surface area contributed by atoms with Gasteiger partial charge in [0, 0.05) is 25.7 Å². The van der Waals surface area contributed by atoms with Gasteiger partial charge in [-0.2, -0.15) is 0 Å². The van der Waals surface area contributed by atoms with Gasteiger partial charge in [-0.15, -0.1) is 6.58 Å². The smallest absolute Gasteiger partial charge is 0.312 e. The van der Waals surface area contributed by atoms with Gasteiger partial charge in [-0.05, 0) is 38.5 Å². The normalized spacial score (nSPS) is 32.5. The Balaban J connectivity index is 1.67. The summed E-state index contributed by atoms with van der Waals surface area (Å²) >= 11 is 0. The number of aliphatic hydroxyl groups is 1. The highest BCUT2D eigenvalue weighted by Gasteiger charge is 2.75. The fraction of sp³-hybridized carbons (Fsp3) is 0.731. The van der Waals surface area contributed by atoms with E-state index in [-0.39, 0.29) is 31.1 Å². The lowest BCUT2D eigenvalue weighted by Gasteiger charge is -2.40. The molecular formula is C26H38N2O6. The monoisotopic (exact) mass is 474 g/mol. The zero-order valence-corrected chi connectivity index (χ0v) is 20.0. The Bertz CT molecular complexity index is 809. The largest absolute Gasteiger partial charge is 0.461 e. The molecule has 3 saturated heterocycles. The van der Waals surface area contributed by atoms with Gasteiger partial charge in [0.2, 0.25) is 11.8 Å². The van der Waals surface area contributed by atoms with Gasteiger partial charge in [-0.25, -0.2) is 0 Å². The number of esters is 1. The summed E-state index contributed by atoms with van der Waals surface area (Å²) in [6, 6.07) is -0.649. The minimum absolute atomic E-state index is 0.0228. The molecule has 1 aliphatic carbocycles. The van der Waals surface area contributed by atoms with Crippen LogP contribution in [-0.2, 0) is 23.9 Å². The van der Waals surface area contributed by atoms with Crippen LogP contribution in [0.3, 0.4) is 0 Å². The van der Waals surface area contributed by atoms with Crippen molar-refractivity contribution in [2.75, 3.05) is 26.3 Å². The predicted molar refractivity (Wildman–Crippen MR) is 126 cm³/mol. The highest BCUT2D eigenvalue weighted by molar-refractivity contribution is 5.98. The Morgan fingerprint density at radius 2 is 1.94 bits per heavy atom. The molecule has 188 valence electrons. The molecule has 34 heavy (non-hydrogen) atoms. The van der Waals surface area contributed by atoms with Crippen molar-refractivity contribution in [3.05, 3.63) is 25.3 Å². The van der Waals surface area contributed by atoms with Crippen LogP contribution < -0.4 is 0 Å². The van der Waals surface area contributed by atoms with Gasteiger partial charge >= 0.3 is 5.97 Å². The number of hydrogen-bond donors (Lipinski definition) is 1. The van der Waals surface area contributed by atoms with Gasteiger partial charge in [0.25, 0.3) is 0 Å². The summed E-state index contributed by atoms with van der Waals surface area (Å²) in [7, 11) is 0. The van der Waals surface area contributed by atoms with E-state index in [9.17, 15) is 19.5 Å². The highest BCUT2D eigenvalue weighted by Crippen LogP contribution is 2.59. The first-order valence-corrected chi connectivity index (χ1v) is 12.8. The number of carbonyl (C=O) groups excluding carboxylic acids is 3. The van der Waals surface area contributed by atoms with Crippen LogP contribution in [0.1, 0.15) is 57.8 Å². The number of unbranched alkanes of at least 4 members (excludes halogenated alkanes) is 1. The number of hydrogen-bond acceptors (Lipinski definition) is 6. The van der Waals surface area contributed by atoms with Crippen LogP contribution in [-0.4, -0.2) is 82.8 Å². The van der Waals surface area contributed by atoms with Gasteiger partial charge in [-0.1, -0.05) is 38.0 Å². The summed E-state index contributed by atoms with van der Waals surface area (Å²) < 4.78 is 11.8. The molecule has 0 aromatic carbocycles. The molecule has 1 saturated carbocycles. The first-order chi connectivity index (χ1) is 16.5. The lowest BCUT2D eigenvalue weighted by molar-refractivity contribution is -0.154. The van der Waals surface area contributed by atoms with E-state index >= 15 is 0 Å². The minimum Gasteiger partial charge on any atom is -0.461 e. The zero-order chi connectivity index (χ0) is 24.3. The van der Waals surface area contributed by atoms with Gasteiger partial charge in [0.05, 0.1) is 17.9 Å². The number of ether oxygens (including phenoxy) is 2. The Morgan fingerprint density at radius 3 is 2.62 bits per heavy atom. The third-order valence-electron chi connectivity index (χ3n) is 8.08. The van der Waals surface area contributed by atoms with Crippen molar-refractivity contribution >= 4 is 17.8 Å². The molecule has 4 fully saturated rings.